The van der Waals surface area contributed by atoms with Crippen LogP contribution in [0.2, 0.25) is 0 Å². The SMILES string of the molecule is Cc1cc(-c2[nH]c3ccc(C(C)(C)C(=O)N4CC5CNCC5C4)cc3c2C(C)C)ccn1. The molecule has 2 unspecified atom stereocenters. The molecule has 5 nitrogen and oxygen atoms in total. The number of aromatic amines is 1. The number of aryl methyl sites for hydroxylation is 1. The van der Waals surface area contributed by atoms with Crippen molar-refractivity contribution in [3.05, 3.63) is 53.3 Å². The number of nitrogens with one attached hydrogen (secondary N) is 2. The molecule has 2 aliphatic heterocycles. The summed E-state index contributed by atoms with van der Waals surface area (Å²) >= 11 is 0. The summed E-state index contributed by atoms with van der Waals surface area (Å²) in [5.74, 6) is 1.83. The largest absolute Gasteiger partial charge is 0.354 e. The first-order valence-corrected chi connectivity index (χ1v) is 11.8. The van der Waals surface area contributed by atoms with Gasteiger partial charge in [-0.25, -0.2) is 0 Å². The van der Waals surface area contributed by atoms with Crippen molar-refractivity contribution in [1.82, 2.24) is 20.2 Å². The number of H-pyrrole nitrogens is 1. The van der Waals surface area contributed by atoms with E-state index in [0.29, 0.717) is 17.8 Å². The number of aromatic nitrogens is 2. The van der Waals surface area contributed by atoms with Gasteiger partial charge in [0.05, 0.1) is 11.1 Å². The molecule has 32 heavy (non-hydrogen) atoms. The highest BCUT2D eigenvalue weighted by molar-refractivity contribution is 5.94. The zero-order valence-corrected chi connectivity index (χ0v) is 19.8. The van der Waals surface area contributed by atoms with E-state index < -0.39 is 5.41 Å². The van der Waals surface area contributed by atoms with Crippen LogP contribution in [0.5, 0.6) is 0 Å². The van der Waals surface area contributed by atoms with E-state index in [-0.39, 0.29) is 5.91 Å². The predicted molar refractivity (Wildman–Crippen MR) is 130 cm³/mol. The van der Waals surface area contributed by atoms with E-state index in [1.54, 1.807) is 0 Å². The van der Waals surface area contributed by atoms with E-state index in [9.17, 15) is 4.79 Å². The van der Waals surface area contributed by atoms with Crippen molar-refractivity contribution in [2.45, 2.75) is 46.0 Å². The minimum absolute atomic E-state index is 0.248. The summed E-state index contributed by atoms with van der Waals surface area (Å²) in [5, 5.41) is 4.68. The van der Waals surface area contributed by atoms with Gasteiger partial charge in [0.25, 0.3) is 0 Å². The number of rotatable bonds is 4. The van der Waals surface area contributed by atoms with Gasteiger partial charge in [-0.15, -0.1) is 0 Å². The van der Waals surface area contributed by atoms with Gasteiger partial charge in [0.15, 0.2) is 0 Å². The Morgan fingerprint density at radius 2 is 1.84 bits per heavy atom. The van der Waals surface area contributed by atoms with Crippen LogP contribution in [0.3, 0.4) is 0 Å². The van der Waals surface area contributed by atoms with E-state index in [1.165, 1.54) is 10.9 Å². The molecule has 2 fully saturated rings. The first-order valence-electron chi connectivity index (χ1n) is 11.8. The minimum Gasteiger partial charge on any atom is -0.354 e. The Morgan fingerprint density at radius 3 is 2.50 bits per heavy atom. The molecule has 0 radical (unpaired) electrons. The Balaban J connectivity index is 1.53. The molecule has 1 amide bonds. The summed E-state index contributed by atoms with van der Waals surface area (Å²) in [4.78, 5) is 23.7. The highest BCUT2D eigenvalue weighted by Gasteiger charge is 2.42. The molecule has 0 bridgehead atoms. The van der Waals surface area contributed by atoms with Crippen LogP contribution < -0.4 is 5.32 Å². The molecule has 0 aliphatic carbocycles. The number of likely N-dealkylation sites (tertiary alicyclic amines) is 1. The Bertz CT molecular complexity index is 1160. The minimum atomic E-state index is -0.556. The van der Waals surface area contributed by atoms with Crippen molar-refractivity contribution < 1.29 is 4.79 Å². The number of hydrogen-bond donors (Lipinski definition) is 2. The van der Waals surface area contributed by atoms with Crippen LogP contribution in [0.25, 0.3) is 22.2 Å². The number of hydrogen-bond acceptors (Lipinski definition) is 3. The summed E-state index contributed by atoms with van der Waals surface area (Å²) in [6.07, 6.45) is 1.87. The van der Waals surface area contributed by atoms with E-state index >= 15 is 0 Å². The molecule has 3 aromatic rings. The number of pyridine rings is 1. The Labute approximate surface area is 190 Å². The summed E-state index contributed by atoms with van der Waals surface area (Å²) in [6, 6.07) is 10.7. The molecule has 5 heteroatoms. The first kappa shape index (κ1) is 21.2. The summed E-state index contributed by atoms with van der Waals surface area (Å²) < 4.78 is 0. The van der Waals surface area contributed by atoms with Gasteiger partial charge < -0.3 is 15.2 Å². The Morgan fingerprint density at radius 1 is 1.12 bits per heavy atom. The summed E-state index contributed by atoms with van der Waals surface area (Å²) in [5.41, 5.74) is 6.27. The van der Waals surface area contributed by atoms with Gasteiger partial charge in [-0.3, -0.25) is 9.78 Å². The van der Waals surface area contributed by atoms with Crippen LogP contribution in [0.15, 0.2) is 36.5 Å². The van der Waals surface area contributed by atoms with E-state index in [4.69, 9.17) is 0 Å². The van der Waals surface area contributed by atoms with Gasteiger partial charge in [-0.1, -0.05) is 19.9 Å². The van der Waals surface area contributed by atoms with Crippen molar-refractivity contribution in [3.63, 3.8) is 0 Å². The maximum absolute atomic E-state index is 13.6. The van der Waals surface area contributed by atoms with Crippen molar-refractivity contribution in [1.29, 1.82) is 0 Å². The number of benzene rings is 1. The average Bonchev–Trinajstić information content (AvgIpc) is 3.45. The molecule has 2 atom stereocenters. The molecule has 168 valence electrons. The highest BCUT2D eigenvalue weighted by atomic mass is 16.2. The second-order valence-corrected chi connectivity index (χ2v) is 10.5. The molecule has 5 rings (SSSR count). The first-order chi connectivity index (χ1) is 15.3. The molecule has 0 spiro atoms. The predicted octanol–water partition coefficient (Wildman–Crippen LogP) is 4.62. The third-order valence-corrected chi connectivity index (χ3v) is 7.53. The molecule has 4 heterocycles. The average molecular weight is 431 g/mol. The maximum Gasteiger partial charge on any atom is 0.232 e. The van der Waals surface area contributed by atoms with Crippen molar-refractivity contribution in [3.8, 4) is 11.3 Å². The Kier molecular flexibility index (Phi) is 5.12. The quantitative estimate of drug-likeness (QED) is 0.635. The second-order valence-electron chi connectivity index (χ2n) is 10.5. The van der Waals surface area contributed by atoms with Crippen molar-refractivity contribution >= 4 is 16.8 Å². The molecule has 2 saturated heterocycles. The lowest BCUT2D eigenvalue weighted by Crippen LogP contribution is -2.43. The van der Waals surface area contributed by atoms with Crippen molar-refractivity contribution in [2.75, 3.05) is 26.2 Å². The third-order valence-electron chi connectivity index (χ3n) is 7.53. The number of fused-ring (bicyclic) bond motifs is 2. The van der Waals surface area contributed by atoms with Crippen LogP contribution in [-0.2, 0) is 10.2 Å². The van der Waals surface area contributed by atoms with E-state index in [0.717, 1.165) is 54.2 Å². The standard InChI is InChI=1S/C27H34N4O/c1-16(2)24-22-11-21(6-7-23(22)30-25(24)18-8-9-29-17(3)10-18)27(4,5)26(32)31-14-19-12-28-13-20(19)15-31/h6-11,16,19-20,28,30H,12-15H2,1-5H3. The zero-order chi connectivity index (χ0) is 22.6. The van der Waals surface area contributed by atoms with E-state index in [2.05, 4.69) is 78.2 Å². The number of carbonyl (C=O) groups is 1. The lowest BCUT2D eigenvalue weighted by molar-refractivity contribution is -0.135. The van der Waals surface area contributed by atoms with Crippen molar-refractivity contribution in [2.24, 2.45) is 11.8 Å². The summed E-state index contributed by atoms with van der Waals surface area (Å²) in [6.45, 7) is 14.5. The lowest BCUT2D eigenvalue weighted by atomic mass is 9.82. The zero-order valence-electron chi connectivity index (χ0n) is 19.8. The number of nitrogens with zero attached hydrogens (tertiary/aromatic N) is 2. The Hall–Kier alpha value is -2.66. The molecule has 1 aromatic carbocycles. The smallest absolute Gasteiger partial charge is 0.232 e. The number of carbonyl (C=O) groups excluding carboxylic acids is 1. The topological polar surface area (TPSA) is 61.0 Å². The highest BCUT2D eigenvalue weighted by Crippen LogP contribution is 2.39. The van der Waals surface area contributed by atoms with Gasteiger partial charge in [0, 0.05) is 54.5 Å². The van der Waals surface area contributed by atoms with Gasteiger partial charge in [-0.05, 0) is 73.9 Å². The fourth-order valence-electron chi connectivity index (χ4n) is 5.67. The number of amides is 1. The van der Waals surface area contributed by atoms with Crippen LogP contribution in [-0.4, -0.2) is 47.0 Å². The fourth-order valence-corrected chi connectivity index (χ4v) is 5.67. The fraction of sp³-hybridized carbons (Fsp3) is 0.481. The monoisotopic (exact) mass is 430 g/mol. The van der Waals surface area contributed by atoms with Crippen LogP contribution in [0, 0.1) is 18.8 Å². The molecule has 2 aromatic heterocycles. The van der Waals surface area contributed by atoms with Crippen LogP contribution in [0.1, 0.15) is 50.4 Å². The van der Waals surface area contributed by atoms with Crippen LogP contribution >= 0.6 is 0 Å². The van der Waals surface area contributed by atoms with E-state index in [1.807, 2.05) is 13.1 Å². The second kappa shape index (κ2) is 7.73. The normalized spacial score (nSPS) is 21.0. The lowest BCUT2D eigenvalue weighted by Gasteiger charge is -2.30. The third kappa shape index (κ3) is 3.43. The molecule has 0 saturated carbocycles. The molecular weight excluding hydrogens is 396 g/mol. The molecule has 2 N–H and O–H groups in total. The molecule has 2 aliphatic rings. The van der Waals surface area contributed by atoms with Gasteiger partial charge in [-0.2, -0.15) is 0 Å². The van der Waals surface area contributed by atoms with Gasteiger partial charge in [0.2, 0.25) is 5.91 Å². The molecular formula is C27H34N4O. The summed E-state index contributed by atoms with van der Waals surface area (Å²) in [7, 11) is 0. The van der Waals surface area contributed by atoms with Gasteiger partial charge in [0.1, 0.15) is 0 Å². The van der Waals surface area contributed by atoms with Gasteiger partial charge >= 0.3 is 0 Å². The van der Waals surface area contributed by atoms with Crippen LogP contribution in [0.4, 0.5) is 0 Å². The maximum atomic E-state index is 13.6.